The van der Waals surface area contributed by atoms with Crippen molar-refractivity contribution < 1.29 is 15.0 Å². The maximum Gasteiger partial charge on any atom is 0.254 e. The Morgan fingerprint density at radius 3 is 2.68 bits per heavy atom. The van der Waals surface area contributed by atoms with E-state index in [1.165, 1.54) is 10.5 Å². The van der Waals surface area contributed by atoms with E-state index in [0.717, 1.165) is 25.1 Å². The van der Waals surface area contributed by atoms with Crippen LogP contribution >= 0.6 is 0 Å². The van der Waals surface area contributed by atoms with E-state index in [2.05, 4.69) is 5.32 Å². The van der Waals surface area contributed by atoms with Gasteiger partial charge < -0.3 is 20.4 Å². The van der Waals surface area contributed by atoms with Gasteiger partial charge in [-0.05, 0) is 36.2 Å². The van der Waals surface area contributed by atoms with Gasteiger partial charge in [-0.1, -0.05) is 6.07 Å². The number of aliphatic hydroxyl groups excluding tert-OH is 2. The largest absolute Gasteiger partial charge is 0.388 e. The highest BCUT2D eigenvalue weighted by molar-refractivity contribution is 5.94. The molecule has 1 fully saturated rings. The molecule has 2 heterocycles. The van der Waals surface area contributed by atoms with Gasteiger partial charge in [-0.2, -0.15) is 0 Å². The lowest BCUT2D eigenvalue weighted by Gasteiger charge is -2.20. The normalized spacial score (nSPS) is 26.3. The van der Waals surface area contributed by atoms with Gasteiger partial charge >= 0.3 is 0 Å². The van der Waals surface area contributed by atoms with Crippen molar-refractivity contribution >= 4 is 5.91 Å². The molecular weight excluding hydrogens is 244 g/mol. The van der Waals surface area contributed by atoms with E-state index in [0.29, 0.717) is 5.56 Å². The van der Waals surface area contributed by atoms with Gasteiger partial charge in [0.2, 0.25) is 0 Å². The Morgan fingerprint density at radius 1 is 1.21 bits per heavy atom. The maximum absolute atomic E-state index is 12.3. The van der Waals surface area contributed by atoms with Crippen LogP contribution in [0.25, 0.3) is 0 Å². The third kappa shape index (κ3) is 2.36. The smallest absolute Gasteiger partial charge is 0.254 e. The van der Waals surface area contributed by atoms with E-state index in [-0.39, 0.29) is 19.0 Å². The first-order valence-corrected chi connectivity index (χ1v) is 6.63. The number of β-amino-alcohol motifs (C(OH)–C–C–N with tert-alkyl or cyclic N) is 2. The van der Waals surface area contributed by atoms with Gasteiger partial charge in [-0.3, -0.25) is 4.79 Å². The number of amides is 1. The molecule has 1 aromatic carbocycles. The number of likely N-dealkylation sites (tertiary alicyclic amines) is 1. The van der Waals surface area contributed by atoms with Crippen LogP contribution in [0.3, 0.4) is 0 Å². The van der Waals surface area contributed by atoms with Gasteiger partial charge in [0.25, 0.3) is 5.91 Å². The molecule has 2 atom stereocenters. The van der Waals surface area contributed by atoms with Crippen molar-refractivity contribution in [2.45, 2.75) is 25.2 Å². The molecule has 0 saturated carbocycles. The van der Waals surface area contributed by atoms with E-state index in [1.54, 1.807) is 0 Å². The lowest BCUT2D eigenvalue weighted by molar-refractivity contribution is 0.0572. The van der Waals surface area contributed by atoms with Crippen LogP contribution in [0.4, 0.5) is 0 Å². The van der Waals surface area contributed by atoms with Crippen molar-refractivity contribution in [3.05, 3.63) is 34.9 Å². The average Bonchev–Trinajstić information content (AvgIpc) is 2.77. The monoisotopic (exact) mass is 262 g/mol. The van der Waals surface area contributed by atoms with Gasteiger partial charge in [0.05, 0.1) is 12.2 Å². The summed E-state index contributed by atoms with van der Waals surface area (Å²) >= 11 is 0. The first-order valence-electron chi connectivity index (χ1n) is 6.63. The second-order valence-electron chi connectivity index (χ2n) is 5.26. The highest BCUT2D eigenvalue weighted by atomic mass is 16.3. The Bertz CT molecular complexity index is 493. The van der Waals surface area contributed by atoms with E-state index in [9.17, 15) is 15.0 Å². The Balaban J connectivity index is 1.80. The van der Waals surface area contributed by atoms with Crippen LogP contribution < -0.4 is 5.32 Å². The number of hydrogen-bond donors (Lipinski definition) is 3. The van der Waals surface area contributed by atoms with Crippen LogP contribution in [0.1, 0.15) is 21.5 Å². The van der Waals surface area contributed by atoms with Crippen LogP contribution in [0.2, 0.25) is 0 Å². The fourth-order valence-electron chi connectivity index (χ4n) is 2.73. The van der Waals surface area contributed by atoms with Gasteiger partial charge in [0.15, 0.2) is 0 Å². The number of fused-ring (bicyclic) bond motifs is 1. The molecule has 1 amide bonds. The SMILES string of the molecule is O=C(c1ccc2c(c1)CNCC2)N1CC(O)C(O)C1. The van der Waals surface area contributed by atoms with Gasteiger partial charge in [-0.25, -0.2) is 0 Å². The van der Waals surface area contributed by atoms with Crippen molar-refractivity contribution in [2.24, 2.45) is 0 Å². The quantitative estimate of drug-likeness (QED) is 0.638. The molecular formula is C14H18N2O3. The molecule has 0 radical (unpaired) electrons. The predicted molar refractivity (Wildman–Crippen MR) is 69.8 cm³/mol. The van der Waals surface area contributed by atoms with Crippen LogP contribution in [-0.4, -0.2) is 52.9 Å². The summed E-state index contributed by atoms with van der Waals surface area (Å²) in [5, 5.41) is 22.3. The Morgan fingerprint density at radius 2 is 1.95 bits per heavy atom. The third-order valence-corrected chi connectivity index (χ3v) is 3.89. The number of aliphatic hydroxyl groups is 2. The highest BCUT2D eigenvalue weighted by Gasteiger charge is 2.33. The first kappa shape index (κ1) is 12.6. The molecule has 1 aromatic rings. The van der Waals surface area contributed by atoms with Crippen LogP contribution in [-0.2, 0) is 13.0 Å². The summed E-state index contributed by atoms with van der Waals surface area (Å²) in [7, 11) is 0. The van der Waals surface area contributed by atoms with Crippen molar-refractivity contribution in [2.75, 3.05) is 19.6 Å². The average molecular weight is 262 g/mol. The third-order valence-electron chi connectivity index (χ3n) is 3.89. The lowest BCUT2D eigenvalue weighted by atomic mass is 9.98. The van der Waals surface area contributed by atoms with Gasteiger partial charge in [-0.15, -0.1) is 0 Å². The molecule has 5 nitrogen and oxygen atoms in total. The maximum atomic E-state index is 12.3. The number of carbonyl (C=O) groups is 1. The molecule has 0 spiro atoms. The fourth-order valence-corrected chi connectivity index (χ4v) is 2.73. The van der Waals surface area contributed by atoms with Crippen molar-refractivity contribution in [3.63, 3.8) is 0 Å². The van der Waals surface area contributed by atoms with Crippen molar-refractivity contribution in [3.8, 4) is 0 Å². The number of hydrogen-bond acceptors (Lipinski definition) is 4. The van der Waals surface area contributed by atoms with Crippen LogP contribution in [0.15, 0.2) is 18.2 Å². The van der Waals surface area contributed by atoms with Crippen LogP contribution in [0.5, 0.6) is 0 Å². The number of carbonyl (C=O) groups excluding carboxylic acids is 1. The van der Waals surface area contributed by atoms with E-state index >= 15 is 0 Å². The molecule has 0 aliphatic carbocycles. The Labute approximate surface area is 111 Å². The zero-order valence-electron chi connectivity index (χ0n) is 10.7. The summed E-state index contributed by atoms with van der Waals surface area (Å²) in [5.41, 5.74) is 3.08. The molecule has 5 heteroatoms. The Hall–Kier alpha value is -1.43. The zero-order chi connectivity index (χ0) is 13.4. The number of nitrogens with zero attached hydrogens (tertiary/aromatic N) is 1. The minimum Gasteiger partial charge on any atom is -0.388 e. The summed E-state index contributed by atoms with van der Waals surface area (Å²) in [6, 6.07) is 5.76. The predicted octanol–water partition coefficient (Wildman–Crippen LogP) is -0.490. The molecule has 1 saturated heterocycles. The molecule has 19 heavy (non-hydrogen) atoms. The summed E-state index contributed by atoms with van der Waals surface area (Å²) in [5.74, 6) is -0.121. The summed E-state index contributed by atoms with van der Waals surface area (Å²) < 4.78 is 0. The van der Waals surface area contributed by atoms with E-state index in [4.69, 9.17) is 0 Å². The van der Waals surface area contributed by atoms with Gasteiger partial charge in [0, 0.05) is 25.2 Å². The summed E-state index contributed by atoms with van der Waals surface area (Å²) in [4.78, 5) is 13.8. The molecule has 2 unspecified atom stereocenters. The van der Waals surface area contributed by atoms with Gasteiger partial charge in [0.1, 0.15) is 0 Å². The lowest BCUT2D eigenvalue weighted by Crippen LogP contribution is -2.30. The minimum atomic E-state index is -0.830. The molecule has 0 bridgehead atoms. The number of nitrogens with one attached hydrogen (secondary N) is 1. The molecule has 3 rings (SSSR count). The Kier molecular flexibility index (Phi) is 3.26. The van der Waals surface area contributed by atoms with Crippen molar-refractivity contribution in [1.82, 2.24) is 10.2 Å². The number of rotatable bonds is 1. The standard InChI is InChI=1S/C14H18N2O3/c17-12-7-16(8-13(12)18)14(19)10-2-1-9-3-4-15-6-11(9)5-10/h1-2,5,12-13,15,17-18H,3-4,6-8H2. The van der Waals surface area contributed by atoms with Crippen LogP contribution in [0, 0.1) is 0 Å². The van der Waals surface area contributed by atoms with E-state index < -0.39 is 12.2 Å². The molecule has 0 aromatic heterocycles. The molecule has 102 valence electrons. The number of benzene rings is 1. The van der Waals surface area contributed by atoms with E-state index in [1.807, 2.05) is 18.2 Å². The fraction of sp³-hybridized carbons (Fsp3) is 0.500. The topological polar surface area (TPSA) is 72.8 Å². The summed E-state index contributed by atoms with van der Waals surface area (Å²) in [6.45, 7) is 2.18. The minimum absolute atomic E-state index is 0.121. The molecule has 3 N–H and O–H groups in total. The molecule has 2 aliphatic rings. The first-order chi connectivity index (χ1) is 9.15. The molecule has 2 aliphatic heterocycles. The summed E-state index contributed by atoms with van der Waals surface area (Å²) in [6.07, 6.45) is -0.670. The second-order valence-corrected chi connectivity index (χ2v) is 5.26. The second kappa shape index (κ2) is 4.92. The zero-order valence-corrected chi connectivity index (χ0v) is 10.7. The van der Waals surface area contributed by atoms with Crippen molar-refractivity contribution in [1.29, 1.82) is 0 Å². The highest BCUT2D eigenvalue weighted by Crippen LogP contribution is 2.19.